The number of furan rings is 1. The van der Waals surface area contributed by atoms with E-state index in [1.807, 2.05) is 12.1 Å². The molecule has 16 heavy (non-hydrogen) atoms. The van der Waals surface area contributed by atoms with Crippen molar-refractivity contribution in [3.8, 4) is 0 Å². The first-order valence-electron chi connectivity index (χ1n) is 5.48. The van der Waals surface area contributed by atoms with E-state index in [-0.39, 0.29) is 12.0 Å². The highest BCUT2D eigenvalue weighted by Gasteiger charge is 2.20. The maximum absolute atomic E-state index is 11.6. The van der Waals surface area contributed by atoms with Crippen molar-refractivity contribution in [2.24, 2.45) is 0 Å². The number of morpholine rings is 1. The molecular formula is C11H16N2O3. The fourth-order valence-corrected chi connectivity index (χ4v) is 1.61. The van der Waals surface area contributed by atoms with Crippen LogP contribution in [-0.2, 0) is 16.0 Å². The highest BCUT2D eigenvalue weighted by Crippen LogP contribution is 2.00. The predicted molar refractivity (Wildman–Crippen MR) is 58.0 cm³/mol. The Morgan fingerprint density at radius 3 is 3.25 bits per heavy atom. The second-order valence-electron chi connectivity index (χ2n) is 3.68. The third kappa shape index (κ3) is 3.08. The van der Waals surface area contributed by atoms with E-state index in [0.717, 1.165) is 12.3 Å². The Labute approximate surface area is 94.1 Å². The van der Waals surface area contributed by atoms with E-state index in [1.54, 1.807) is 6.26 Å². The lowest BCUT2D eigenvalue weighted by molar-refractivity contribution is -0.134. The smallest absolute Gasteiger partial charge is 0.250 e. The van der Waals surface area contributed by atoms with Gasteiger partial charge in [0.1, 0.15) is 11.9 Å². The maximum Gasteiger partial charge on any atom is 0.250 e. The first kappa shape index (κ1) is 11.2. The quantitative estimate of drug-likeness (QED) is 0.751. The van der Waals surface area contributed by atoms with E-state index in [2.05, 4.69) is 10.6 Å². The van der Waals surface area contributed by atoms with Crippen LogP contribution in [0.1, 0.15) is 5.76 Å². The third-order valence-corrected chi connectivity index (χ3v) is 2.47. The molecule has 1 fully saturated rings. The Kier molecular flexibility index (Phi) is 3.96. The van der Waals surface area contributed by atoms with Gasteiger partial charge in [-0.15, -0.1) is 0 Å². The van der Waals surface area contributed by atoms with Gasteiger partial charge >= 0.3 is 0 Å². The van der Waals surface area contributed by atoms with E-state index >= 15 is 0 Å². The number of hydrogen-bond acceptors (Lipinski definition) is 4. The number of hydrogen-bond donors (Lipinski definition) is 2. The second-order valence-corrected chi connectivity index (χ2v) is 3.68. The topological polar surface area (TPSA) is 63.5 Å². The Balaban J connectivity index is 1.67. The molecule has 2 heterocycles. The zero-order valence-corrected chi connectivity index (χ0v) is 9.07. The van der Waals surface area contributed by atoms with Gasteiger partial charge in [0.25, 0.3) is 0 Å². The molecular weight excluding hydrogens is 208 g/mol. The van der Waals surface area contributed by atoms with Gasteiger partial charge in [0.2, 0.25) is 5.91 Å². The highest BCUT2D eigenvalue weighted by molar-refractivity contribution is 5.81. The van der Waals surface area contributed by atoms with E-state index < -0.39 is 0 Å². The van der Waals surface area contributed by atoms with Gasteiger partial charge in [-0.05, 0) is 12.1 Å². The van der Waals surface area contributed by atoms with Crippen LogP contribution < -0.4 is 10.6 Å². The summed E-state index contributed by atoms with van der Waals surface area (Å²) in [7, 11) is 0. The fourth-order valence-electron chi connectivity index (χ4n) is 1.61. The van der Waals surface area contributed by atoms with Gasteiger partial charge in [0, 0.05) is 26.1 Å². The molecule has 0 saturated carbocycles. The molecule has 2 rings (SSSR count). The molecule has 2 N–H and O–H groups in total. The zero-order chi connectivity index (χ0) is 11.2. The van der Waals surface area contributed by atoms with Crippen LogP contribution in [0.25, 0.3) is 0 Å². The minimum atomic E-state index is -0.356. The number of ether oxygens (including phenoxy) is 1. The second kappa shape index (κ2) is 5.67. The average Bonchev–Trinajstić information content (AvgIpc) is 2.83. The molecule has 1 atom stereocenters. The molecule has 5 nitrogen and oxygen atoms in total. The SMILES string of the molecule is O=C(NCCc1ccco1)C1CNCCO1. The molecule has 5 heteroatoms. The van der Waals surface area contributed by atoms with Crippen molar-refractivity contribution in [2.45, 2.75) is 12.5 Å². The molecule has 1 aliphatic rings. The molecule has 1 unspecified atom stereocenters. The first-order chi connectivity index (χ1) is 7.86. The Bertz CT molecular complexity index is 318. The summed E-state index contributed by atoms with van der Waals surface area (Å²) in [6, 6.07) is 3.73. The van der Waals surface area contributed by atoms with Crippen LogP contribution >= 0.6 is 0 Å². The number of rotatable bonds is 4. The molecule has 0 bridgehead atoms. The van der Waals surface area contributed by atoms with Gasteiger partial charge < -0.3 is 19.8 Å². The molecule has 1 aromatic rings. The molecule has 0 aliphatic carbocycles. The van der Waals surface area contributed by atoms with Crippen LogP contribution in [0.15, 0.2) is 22.8 Å². The lowest BCUT2D eigenvalue weighted by Crippen LogP contribution is -2.48. The van der Waals surface area contributed by atoms with Crippen LogP contribution in [0, 0.1) is 0 Å². The molecule has 1 aromatic heterocycles. The van der Waals surface area contributed by atoms with Crippen LogP contribution in [0.3, 0.4) is 0 Å². The van der Waals surface area contributed by atoms with Crippen molar-refractivity contribution in [3.05, 3.63) is 24.2 Å². The fraction of sp³-hybridized carbons (Fsp3) is 0.545. The number of amides is 1. The lowest BCUT2D eigenvalue weighted by Gasteiger charge is -2.22. The summed E-state index contributed by atoms with van der Waals surface area (Å²) < 4.78 is 10.5. The Morgan fingerprint density at radius 1 is 1.62 bits per heavy atom. The van der Waals surface area contributed by atoms with Gasteiger partial charge in [-0.1, -0.05) is 0 Å². The van der Waals surface area contributed by atoms with E-state index in [9.17, 15) is 4.79 Å². The van der Waals surface area contributed by atoms with E-state index in [0.29, 0.717) is 26.1 Å². The van der Waals surface area contributed by atoms with Crippen molar-refractivity contribution in [3.63, 3.8) is 0 Å². The number of carbonyl (C=O) groups excluding carboxylic acids is 1. The Hall–Kier alpha value is -1.33. The molecule has 0 aromatic carbocycles. The molecule has 1 aliphatic heterocycles. The third-order valence-electron chi connectivity index (χ3n) is 2.47. The van der Waals surface area contributed by atoms with Crippen LogP contribution in [0.2, 0.25) is 0 Å². The minimum Gasteiger partial charge on any atom is -0.469 e. The normalized spacial score (nSPS) is 20.6. The number of carbonyl (C=O) groups is 1. The van der Waals surface area contributed by atoms with Gasteiger partial charge in [0.05, 0.1) is 12.9 Å². The maximum atomic E-state index is 11.6. The van der Waals surface area contributed by atoms with Crippen LogP contribution in [-0.4, -0.2) is 38.3 Å². The average molecular weight is 224 g/mol. The summed E-state index contributed by atoms with van der Waals surface area (Å²) in [5.74, 6) is 0.821. The molecule has 0 spiro atoms. The summed E-state index contributed by atoms with van der Waals surface area (Å²) in [4.78, 5) is 11.6. The van der Waals surface area contributed by atoms with Crippen molar-refractivity contribution < 1.29 is 13.9 Å². The minimum absolute atomic E-state index is 0.0567. The molecule has 1 amide bonds. The summed E-state index contributed by atoms with van der Waals surface area (Å²) >= 11 is 0. The molecule has 1 saturated heterocycles. The van der Waals surface area contributed by atoms with Crippen molar-refractivity contribution in [2.75, 3.05) is 26.2 Å². The van der Waals surface area contributed by atoms with Crippen LogP contribution in [0.5, 0.6) is 0 Å². The zero-order valence-electron chi connectivity index (χ0n) is 9.07. The van der Waals surface area contributed by atoms with Crippen molar-refractivity contribution in [1.82, 2.24) is 10.6 Å². The van der Waals surface area contributed by atoms with Gasteiger partial charge in [-0.3, -0.25) is 4.79 Å². The van der Waals surface area contributed by atoms with Crippen molar-refractivity contribution >= 4 is 5.91 Å². The Morgan fingerprint density at radius 2 is 2.56 bits per heavy atom. The monoisotopic (exact) mass is 224 g/mol. The largest absolute Gasteiger partial charge is 0.469 e. The van der Waals surface area contributed by atoms with Gasteiger partial charge in [-0.25, -0.2) is 0 Å². The first-order valence-corrected chi connectivity index (χ1v) is 5.48. The molecule has 0 radical (unpaired) electrons. The van der Waals surface area contributed by atoms with E-state index in [1.165, 1.54) is 0 Å². The summed E-state index contributed by atoms with van der Waals surface area (Å²) in [5.41, 5.74) is 0. The van der Waals surface area contributed by atoms with Crippen molar-refractivity contribution in [1.29, 1.82) is 0 Å². The van der Waals surface area contributed by atoms with Gasteiger partial charge in [0.15, 0.2) is 0 Å². The highest BCUT2D eigenvalue weighted by atomic mass is 16.5. The van der Waals surface area contributed by atoms with E-state index in [4.69, 9.17) is 9.15 Å². The number of nitrogens with one attached hydrogen (secondary N) is 2. The lowest BCUT2D eigenvalue weighted by atomic mass is 10.2. The molecule has 88 valence electrons. The standard InChI is InChI=1S/C11H16N2O3/c14-11(10-8-12-5-7-16-10)13-4-3-9-2-1-6-15-9/h1-2,6,10,12H,3-5,7-8H2,(H,13,14). The summed E-state index contributed by atoms with van der Waals surface area (Å²) in [6.07, 6.45) is 1.98. The predicted octanol–water partition coefficient (Wildman–Crippen LogP) is -0.0733. The van der Waals surface area contributed by atoms with Crippen LogP contribution in [0.4, 0.5) is 0 Å². The summed E-state index contributed by atoms with van der Waals surface area (Å²) in [5, 5.41) is 5.94. The van der Waals surface area contributed by atoms with Gasteiger partial charge in [-0.2, -0.15) is 0 Å². The summed E-state index contributed by atoms with van der Waals surface area (Å²) in [6.45, 7) is 2.57.